The molecule has 0 aliphatic heterocycles. The van der Waals surface area contributed by atoms with Gasteiger partial charge in [0.1, 0.15) is 0 Å². The van der Waals surface area contributed by atoms with Gasteiger partial charge >= 0.3 is 17.9 Å². The lowest BCUT2D eigenvalue weighted by Crippen LogP contribution is -2.32. The van der Waals surface area contributed by atoms with Crippen molar-refractivity contribution in [2.24, 2.45) is 0 Å². The smallest absolute Gasteiger partial charge is 0.334 e. The first-order valence-electron chi connectivity index (χ1n) is 7.76. The fourth-order valence-corrected chi connectivity index (χ4v) is 1.71. The second-order valence-corrected chi connectivity index (χ2v) is 5.81. The fraction of sp³-hybridized carbons (Fsp3) is 0.316. The number of benzene rings is 1. The van der Waals surface area contributed by atoms with E-state index in [0.29, 0.717) is 0 Å². The van der Waals surface area contributed by atoms with Crippen LogP contribution in [0.15, 0.2) is 48.6 Å². The van der Waals surface area contributed by atoms with Gasteiger partial charge in [-0.25, -0.2) is 14.4 Å². The molecule has 0 N–H and O–H groups in total. The molecule has 1 aromatic carbocycles. The lowest BCUT2D eigenvalue weighted by molar-refractivity contribution is -0.209. The molecule has 0 unspecified atom stereocenters. The third kappa shape index (κ3) is 9.10. The zero-order valence-electron chi connectivity index (χ0n) is 14.7. The molecule has 0 amide bonds. The number of ether oxygens (including phenoxy) is 3. The van der Waals surface area contributed by atoms with Crippen molar-refractivity contribution in [3.63, 3.8) is 0 Å². The van der Waals surface area contributed by atoms with Crippen LogP contribution in [0.3, 0.4) is 0 Å². The van der Waals surface area contributed by atoms with E-state index in [0.717, 1.165) is 17.7 Å². The average molecular weight is 346 g/mol. The van der Waals surface area contributed by atoms with Crippen LogP contribution in [0.25, 0.3) is 6.08 Å². The minimum atomic E-state index is -1.48. The zero-order valence-corrected chi connectivity index (χ0v) is 14.7. The number of carbonyl (C=O) groups excluding carboxylic acids is 3. The Balaban J connectivity index is 2.52. The molecule has 0 fully saturated rings. The quantitative estimate of drug-likeness (QED) is 0.429. The highest BCUT2D eigenvalue weighted by molar-refractivity contribution is 5.92. The standard InChI is InChI=1S/C19H22O6/c1-14(2)23-16(20)12-13-18(22)25-19(3,4)24-17(21)11-10-15-8-6-5-7-9-15/h5-14H,1-4H3/b11-10+,13-12+. The van der Waals surface area contributed by atoms with E-state index in [2.05, 4.69) is 0 Å². The summed E-state index contributed by atoms with van der Waals surface area (Å²) in [6, 6.07) is 9.20. The van der Waals surface area contributed by atoms with Gasteiger partial charge in [-0.1, -0.05) is 30.3 Å². The van der Waals surface area contributed by atoms with Crippen molar-refractivity contribution in [1.29, 1.82) is 0 Å². The molecule has 0 heterocycles. The number of rotatable bonds is 7. The van der Waals surface area contributed by atoms with Gasteiger partial charge in [0.15, 0.2) is 0 Å². The van der Waals surface area contributed by atoms with E-state index in [1.807, 2.05) is 30.3 Å². The van der Waals surface area contributed by atoms with Crippen molar-refractivity contribution in [2.75, 3.05) is 0 Å². The predicted octanol–water partition coefficient (Wildman–Crippen LogP) is 3.03. The molecule has 0 spiro atoms. The summed E-state index contributed by atoms with van der Waals surface area (Å²) in [4.78, 5) is 34.8. The van der Waals surface area contributed by atoms with E-state index in [1.165, 1.54) is 19.9 Å². The number of hydrogen-bond acceptors (Lipinski definition) is 6. The summed E-state index contributed by atoms with van der Waals surface area (Å²) in [6.45, 7) is 6.21. The summed E-state index contributed by atoms with van der Waals surface area (Å²) in [6.07, 6.45) is 4.40. The molecule has 0 aliphatic rings. The van der Waals surface area contributed by atoms with Gasteiger partial charge in [-0.15, -0.1) is 0 Å². The molecule has 1 aromatic rings. The summed E-state index contributed by atoms with van der Waals surface area (Å²) in [5, 5.41) is 0. The first kappa shape index (κ1) is 20.2. The Kier molecular flexibility index (Phi) is 7.59. The Morgan fingerprint density at radius 3 is 1.96 bits per heavy atom. The zero-order chi connectivity index (χ0) is 18.9. The summed E-state index contributed by atoms with van der Waals surface area (Å²) in [5.41, 5.74) is 0.834. The van der Waals surface area contributed by atoms with Crippen molar-refractivity contribution in [2.45, 2.75) is 39.6 Å². The largest absolute Gasteiger partial charge is 0.460 e. The van der Waals surface area contributed by atoms with Crippen molar-refractivity contribution < 1.29 is 28.6 Å². The van der Waals surface area contributed by atoms with Crippen molar-refractivity contribution in [1.82, 2.24) is 0 Å². The highest BCUT2D eigenvalue weighted by Gasteiger charge is 2.25. The molecule has 134 valence electrons. The molecular formula is C19H22O6. The highest BCUT2D eigenvalue weighted by Crippen LogP contribution is 2.13. The maximum absolute atomic E-state index is 11.8. The maximum atomic E-state index is 11.8. The van der Waals surface area contributed by atoms with Gasteiger partial charge in [0.25, 0.3) is 5.79 Å². The monoisotopic (exact) mass is 346 g/mol. The molecule has 0 aliphatic carbocycles. The lowest BCUT2D eigenvalue weighted by Gasteiger charge is -2.23. The second-order valence-electron chi connectivity index (χ2n) is 5.81. The van der Waals surface area contributed by atoms with Gasteiger partial charge in [0.2, 0.25) is 0 Å². The second kappa shape index (κ2) is 9.42. The van der Waals surface area contributed by atoms with E-state index in [4.69, 9.17) is 14.2 Å². The Morgan fingerprint density at radius 1 is 0.880 bits per heavy atom. The third-order valence-corrected chi connectivity index (χ3v) is 2.61. The molecule has 0 atom stereocenters. The van der Waals surface area contributed by atoms with E-state index < -0.39 is 23.7 Å². The molecule has 0 radical (unpaired) electrons. The number of esters is 3. The molecule has 0 bridgehead atoms. The van der Waals surface area contributed by atoms with Crippen LogP contribution in [0.1, 0.15) is 33.3 Å². The molecule has 0 saturated heterocycles. The highest BCUT2D eigenvalue weighted by atomic mass is 16.7. The summed E-state index contributed by atoms with van der Waals surface area (Å²) in [5.74, 6) is -3.63. The topological polar surface area (TPSA) is 78.9 Å². The van der Waals surface area contributed by atoms with Gasteiger partial charge in [0, 0.05) is 32.1 Å². The molecule has 1 rings (SSSR count). The van der Waals surface area contributed by atoms with E-state index in [9.17, 15) is 14.4 Å². The minimum absolute atomic E-state index is 0.290. The van der Waals surface area contributed by atoms with Gasteiger partial charge in [-0.3, -0.25) is 0 Å². The van der Waals surface area contributed by atoms with Crippen LogP contribution in [0.2, 0.25) is 0 Å². The molecule has 6 nitrogen and oxygen atoms in total. The first-order chi connectivity index (χ1) is 11.7. The molecule has 0 aromatic heterocycles. The van der Waals surface area contributed by atoms with Gasteiger partial charge in [0.05, 0.1) is 6.10 Å². The van der Waals surface area contributed by atoms with Crippen LogP contribution in [0, 0.1) is 0 Å². The summed E-state index contributed by atoms with van der Waals surface area (Å²) >= 11 is 0. The van der Waals surface area contributed by atoms with Gasteiger partial charge in [-0.2, -0.15) is 0 Å². The SMILES string of the molecule is CC(C)OC(=O)/C=C/C(=O)OC(C)(C)OC(=O)/C=C/c1ccccc1. The molecular weight excluding hydrogens is 324 g/mol. The molecule has 6 heteroatoms. The Morgan fingerprint density at radius 2 is 1.40 bits per heavy atom. The van der Waals surface area contributed by atoms with Gasteiger partial charge in [-0.05, 0) is 25.5 Å². The van der Waals surface area contributed by atoms with Crippen LogP contribution in [-0.4, -0.2) is 29.8 Å². The van der Waals surface area contributed by atoms with Crippen molar-refractivity contribution >= 4 is 24.0 Å². The third-order valence-electron chi connectivity index (χ3n) is 2.61. The average Bonchev–Trinajstić information content (AvgIpc) is 2.50. The minimum Gasteiger partial charge on any atom is -0.460 e. The predicted molar refractivity (Wildman–Crippen MR) is 92.1 cm³/mol. The number of hydrogen-bond donors (Lipinski definition) is 0. The van der Waals surface area contributed by atoms with Crippen molar-refractivity contribution in [3.05, 3.63) is 54.1 Å². The van der Waals surface area contributed by atoms with Crippen LogP contribution in [0.4, 0.5) is 0 Å². The van der Waals surface area contributed by atoms with E-state index in [1.54, 1.807) is 19.9 Å². The Bertz CT molecular complexity index is 656. The summed E-state index contributed by atoms with van der Waals surface area (Å²) < 4.78 is 14.9. The van der Waals surface area contributed by atoms with Crippen LogP contribution < -0.4 is 0 Å². The maximum Gasteiger partial charge on any atom is 0.334 e. The van der Waals surface area contributed by atoms with Crippen LogP contribution >= 0.6 is 0 Å². The van der Waals surface area contributed by atoms with Crippen LogP contribution in [-0.2, 0) is 28.6 Å². The van der Waals surface area contributed by atoms with Crippen LogP contribution in [0.5, 0.6) is 0 Å². The fourth-order valence-electron chi connectivity index (χ4n) is 1.71. The molecule has 0 saturated carbocycles. The molecule has 25 heavy (non-hydrogen) atoms. The lowest BCUT2D eigenvalue weighted by atomic mass is 10.2. The first-order valence-corrected chi connectivity index (χ1v) is 7.76. The van der Waals surface area contributed by atoms with Gasteiger partial charge < -0.3 is 14.2 Å². The van der Waals surface area contributed by atoms with E-state index in [-0.39, 0.29) is 6.10 Å². The Labute approximate surface area is 147 Å². The Hall–Kier alpha value is -2.89. The summed E-state index contributed by atoms with van der Waals surface area (Å²) in [7, 11) is 0. The van der Waals surface area contributed by atoms with E-state index >= 15 is 0 Å². The number of carbonyl (C=O) groups is 3. The van der Waals surface area contributed by atoms with Crippen molar-refractivity contribution in [3.8, 4) is 0 Å². The normalized spacial score (nSPS) is 11.7.